The number of carbonyl (C=O) groups excluding carboxylic acids is 1. The molecule has 0 atom stereocenters. The minimum absolute atomic E-state index is 0.302. The van der Waals surface area contributed by atoms with Crippen LogP contribution in [-0.2, 0) is 9.59 Å². The van der Waals surface area contributed by atoms with E-state index in [4.69, 9.17) is 10.4 Å². The second-order valence-electron chi connectivity index (χ2n) is 3.76. The van der Waals surface area contributed by atoms with Crippen LogP contribution in [0.2, 0.25) is 0 Å². The lowest BCUT2D eigenvalue weighted by Gasteiger charge is -1.97. The average molecular weight is 272 g/mol. The van der Waals surface area contributed by atoms with Crippen LogP contribution in [0.15, 0.2) is 23.2 Å². The highest BCUT2D eigenvalue weighted by Gasteiger charge is 2.15. The summed E-state index contributed by atoms with van der Waals surface area (Å²) in [4.78, 5) is 26.4. The van der Waals surface area contributed by atoms with E-state index in [0.29, 0.717) is 21.3 Å². The first-order valence-corrected chi connectivity index (χ1v) is 6.14. The summed E-state index contributed by atoms with van der Waals surface area (Å²) in [6.07, 6.45) is 2.77. The molecule has 0 radical (unpaired) electrons. The van der Waals surface area contributed by atoms with E-state index in [1.807, 2.05) is 6.07 Å². The molecule has 2 rings (SSSR count). The Morgan fingerprint density at radius 3 is 2.84 bits per heavy atom. The molecule has 2 heterocycles. The highest BCUT2D eigenvalue weighted by Crippen LogP contribution is 2.28. The van der Waals surface area contributed by atoms with Gasteiger partial charge in [-0.05, 0) is 19.1 Å². The van der Waals surface area contributed by atoms with Gasteiger partial charge < -0.3 is 5.11 Å². The first-order valence-electron chi connectivity index (χ1n) is 5.27. The van der Waals surface area contributed by atoms with E-state index in [0.717, 1.165) is 0 Å². The lowest BCUT2D eigenvalue weighted by molar-refractivity contribution is -0.134. The molecule has 2 aromatic heterocycles. The van der Waals surface area contributed by atoms with Gasteiger partial charge in [-0.2, -0.15) is 5.26 Å². The molecule has 6 heteroatoms. The Morgan fingerprint density at radius 2 is 2.26 bits per heavy atom. The van der Waals surface area contributed by atoms with Gasteiger partial charge in [0.15, 0.2) is 5.78 Å². The van der Waals surface area contributed by atoms with Crippen molar-refractivity contribution in [2.75, 3.05) is 0 Å². The number of ketones is 1. The van der Waals surface area contributed by atoms with Gasteiger partial charge in [0.2, 0.25) is 0 Å². The number of aliphatic carboxylic acids is 1. The Balaban J connectivity index is 2.65. The van der Waals surface area contributed by atoms with Crippen LogP contribution in [0.4, 0.5) is 0 Å². The summed E-state index contributed by atoms with van der Waals surface area (Å²) in [5.41, 5.74) is 1.24. The Kier molecular flexibility index (Phi) is 3.40. The first-order chi connectivity index (χ1) is 9.04. The third kappa shape index (κ3) is 2.37. The maximum Gasteiger partial charge on any atom is 0.339 e. The van der Waals surface area contributed by atoms with Crippen LogP contribution in [0.5, 0.6) is 0 Å². The predicted molar refractivity (Wildman–Crippen MR) is 70.6 cm³/mol. The number of carbonyl (C=O) groups is 2. The summed E-state index contributed by atoms with van der Waals surface area (Å²) in [7, 11) is 0. The summed E-state index contributed by atoms with van der Waals surface area (Å²) >= 11 is 1.30. The number of thiophene rings is 1. The Bertz CT molecular complexity index is 737. The number of carboxylic acid groups (broad SMARTS) is 1. The van der Waals surface area contributed by atoms with Crippen LogP contribution in [0, 0.1) is 11.3 Å². The highest BCUT2D eigenvalue weighted by molar-refractivity contribution is 7.17. The number of hydrogen-bond donors (Lipinski definition) is 1. The van der Waals surface area contributed by atoms with Gasteiger partial charge in [-0.1, -0.05) is 0 Å². The van der Waals surface area contributed by atoms with Crippen molar-refractivity contribution in [2.45, 2.75) is 6.92 Å². The second kappa shape index (κ2) is 5.00. The maximum absolute atomic E-state index is 11.3. The SMILES string of the molecule is CC(=O)/C(=C\c1csc2c(C#N)ccnc12)C(=O)O. The monoisotopic (exact) mass is 272 g/mol. The number of carboxylic acids is 1. The number of Topliss-reactive ketones (excluding diaryl/α,β-unsaturated/α-hetero) is 1. The van der Waals surface area contributed by atoms with Gasteiger partial charge in [0, 0.05) is 17.1 Å². The number of aromatic nitrogens is 1. The summed E-state index contributed by atoms with van der Waals surface area (Å²) < 4.78 is 0.685. The third-order valence-corrected chi connectivity index (χ3v) is 3.53. The Morgan fingerprint density at radius 1 is 1.53 bits per heavy atom. The number of nitriles is 1. The number of rotatable bonds is 3. The van der Waals surface area contributed by atoms with Crippen LogP contribution in [0.25, 0.3) is 16.3 Å². The molecular weight excluding hydrogens is 264 g/mol. The molecule has 0 aliphatic carbocycles. The normalized spacial score (nSPS) is 11.3. The van der Waals surface area contributed by atoms with Crippen LogP contribution in [-0.4, -0.2) is 21.8 Å². The fraction of sp³-hybridized carbons (Fsp3) is 0.0769. The molecule has 0 unspecified atom stereocenters. The molecule has 0 saturated carbocycles. The van der Waals surface area contributed by atoms with Gasteiger partial charge in [-0.15, -0.1) is 11.3 Å². The van der Waals surface area contributed by atoms with Gasteiger partial charge in [-0.3, -0.25) is 9.78 Å². The van der Waals surface area contributed by atoms with Crippen molar-refractivity contribution in [1.29, 1.82) is 5.26 Å². The van der Waals surface area contributed by atoms with E-state index in [2.05, 4.69) is 4.98 Å². The van der Waals surface area contributed by atoms with Gasteiger partial charge in [-0.25, -0.2) is 4.79 Å². The molecule has 5 nitrogen and oxygen atoms in total. The van der Waals surface area contributed by atoms with E-state index in [1.165, 1.54) is 30.5 Å². The summed E-state index contributed by atoms with van der Waals surface area (Å²) in [5.74, 6) is -1.80. The Hall–Kier alpha value is -2.52. The summed E-state index contributed by atoms with van der Waals surface area (Å²) in [6.45, 7) is 1.20. The molecule has 0 saturated heterocycles. The van der Waals surface area contributed by atoms with Crippen molar-refractivity contribution in [2.24, 2.45) is 0 Å². The van der Waals surface area contributed by atoms with E-state index in [1.54, 1.807) is 11.4 Å². The number of fused-ring (bicyclic) bond motifs is 1. The van der Waals surface area contributed by atoms with Crippen molar-refractivity contribution < 1.29 is 14.7 Å². The lowest BCUT2D eigenvalue weighted by atomic mass is 10.1. The second-order valence-corrected chi connectivity index (χ2v) is 4.64. The zero-order chi connectivity index (χ0) is 14.0. The van der Waals surface area contributed by atoms with E-state index in [9.17, 15) is 9.59 Å². The summed E-state index contributed by atoms with van der Waals surface area (Å²) in [5, 5.41) is 19.6. The first kappa shape index (κ1) is 12.9. The van der Waals surface area contributed by atoms with E-state index in [-0.39, 0.29) is 5.57 Å². The molecule has 2 aromatic rings. The Labute approximate surface area is 112 Å². The number of pyridine rings is 1. The van der Waals surface area contributed by atoms with Crippen molar-refractivity contribution in [3.63, 3.8) is 0 Å². The third-order valence-electron chi connectivity index (χ3n) is 2.51. The molecule has 1 N–H and O–H groups in total. The molecule has 0 bridgehead atoms. The van der Waals surface area contributed by atoms with Crippen LogP contribution >= 0.6 is 11.3 Å². The van der Waals surface area contributed by atoms with Gasteiger partial charge in [0.1, 0.15) is 11.6 Å². The average Bonchev–Trinajstić information content (AvgIpc) is 2.78. The van der Waals surface area contributed by atoms with Gasteiger partial charge in [0.05, 0.1) is 15.8 Å². The van der Waals surface area contributed by atoms with Crippen molar-refractivity contribution >= 4 is 39.4 Å². The molecule has 0 fully saturated rings. The fourth-order valence-electron chi connectivity index (χ4n) is 1.61. The largest absolute Gasteiger partial charge is 0.478 e. The quantitative estimate of drug-likeness (QED) is 0.525. The lowest BCUT2D eigenvalue weighted by Crippen LogP contribution is -2.08. The maximum atomic E-state index is 11.3. The minimum atomic E-state index is -1.27. The van der Waals surface area contributed by atoms with E-state index >= 15 is 0 Å². The molecule has 0 aliphatic rings. The molecule has 94 valence electrons. The molecule has 0 amide bonds. The number of nitrogens with zero attached hydrogens (tertiary/aromatic N) is 2. The van der Waals surface area contributed by atoms with Gasteiger partial charge >= 0.3 is 5.97 Å². The molecule has 0 spiro atoms. The van der Waals surface area contributed by atoms with Crippen LogP contribution in [0.3, 0.4) is 0 Å². The topological polar surface area (TPSA) is 91.0 Å². The zero-order valence-corrected chi connectivity index (χ0v) is 10.7. The molecule has 19 heavy (non-hydrogen) atoms. The van der Waals surface area contributed by atoms with Crippen molar-refractivity contribution in [1.82, 2.24) is 4.98 Å². The smallest absolute Gasteiger partial charge is 0.339 e. The van der Waals surface area contributed by atoms with Crippen LogP contribution in [0.1, 0.15) is 18.1 Å². The van der Waals surface area contributed by atoms with Crippen molar-refractivity contribution in [3.05, 3.63) is 34.3 Å². The summed E-state index contributed by atoms with van der Waals surface area (Å²) in [6, 6.07) is 3.64. The van der Waals surface area contributed by atoms with E-state index < -0.39 is 11.8 Å². The van der Waals surface area contributed by atoms with Gasteiger partial charge in [0.25, 0.3) is 0 Å². The number of hydrogen-bond acceptors (Lipinski definition) is 5. The minimum Gasteiger partial charge on any atom is -0.478 e. The zero-order valence-electron chi connectivity index (χ0n) is 9.88. The fourth-order valence-corrected chi connectivity index (χ4v) is 2.56. The molecule has 0 aliphatic heterocycles. The van der Waals surface area contributed by atoms with Crippen molar-refractivity contribution in [3.8, 4) is 6.07 Å². The highest BCUT2D eigenvalue weighted by atomic mass is 32.1. The molecular formula is C13H8N2O3S. The molecule has 0 aromatic carbocycles. The predicted octanol–water partition coefficient (Wildman–Crippen LogP) is 2.22. The standard InChI is InChI=1S/C13H8N2O3S/c1-7(16)10(13(17)18)4-9-6-19-12-8(5-14)2-3-15-11(9)12/h2-4,6H,1H3,(H,17,18)/b10-4+. The van der Waals surface area contributed by atoms with Crippen LogP contribution < -0.4 is 0 Å².